The molecule has 140 valence electrons. The van der Waals surface area contributed by atoms with Crippen LogP contribution in [-0.4, -0.2) is 53.5 Å². The first-order valence-corrected chi connectivity index (χ1v) is 9.17. The van der Waals surface area contributed by atoms with Crippen LogP contribution >= 0.6 is 24.0 Å². The summed E-state index contributed by atoms with van der Waals surface area (Å²) in [7, 11) is 5.94. The Morgan fingerprint density at radius 1 is 1.48 bits per heavy atom. The van der Waals surface area contributed by atoms with Crippen LogP contribution in [-0.2, 0) is 18.3 Å². The summed E-state index contributed by atoms with van der Waals surface area (Å²) >= 11 is 0. The van der Waals surface area contributed by atoms with Crippen LogP contribution in [0.2, 0.25) is 0 Å². The fraction of sp³-hybridized carbons (Fsp3) is 0.778. The standard InChI is InChI=1S/C18H29N5O.HI/c1-19-17(22(2)11-13-10-20-23(3)12-13)21-15-14-6-9-24-16(14)18(15)7-4-5-8-18;/h10,12,14-16H,4-9,11H2,1-3H3,(H,19,21);1H. The fourth-order valence-corrected chi connectivity index (χ4v) is 5.29. The average Bonchev–Trinajstić information content (AvgIpc) is 3.27. The molecule has 3 fully saturated rings. The number of fused-ring (bicyclic) bond motifs is 2. The van der Waals surface area contributed by atoms with Crippen molar-refractivity contribution in [2.45, 2.75) is 50.8 Å². The third-order valence-electron chi connectivity index (χ3n) is 6.32. The molecule has 1 aromatic heterocycles. The molecule has 0 radical (unpaired) electrons. The number of aliphatic imine (C=N–C) groups is 1. The second kappa shape index (κ2) is 7.42. The number of ether oxygens (including phenoxy) is 1. The average molecular weight is 459 g/mol. The van der Waals surface area contributed by atoms with E-state index in [0.717, 1.165) is 19.1 Å². The summed E-state index contributed by atoms with van der Waals surface area (Å²) in [5.74, 6) is 1.65. The Morgan fingerprint density at radius 3 is 2.88 bits per heavy atom. The normalized spacial score (nSPS) is 29.9. The van der Waals surface area contributed by atoms with E-state index in [4.69, 9.17) is 4.74 Å². The molecule has 0 bridgehead atoms. The largest absolute Gasteiger partial charge is 0.377 e. The first kappa shape index (κ1) is 18.9. The maximum Gasteiger partial charge on any atom is 0.193 e. The molecule has 3 aliphatic rings. The molecule has 6 nitrogen and oxygen atoms in total. The van der Waals surface area contributed by atoms with Crippen molar-refractivity contribution < 1.29 is 4.74 Å². The van der Waals surface area contributed by atoms with Gasteiger partial charge in [-0.3, -0.25) is 9.67 Å². The predicted octanol–water partition coefficient (Wildman–Crippen LogP) is 2.39. The van der Waals surface area contributed by atoms with E-state index in [2.05, 4.69) is 33.6 Å². The van der Waals surface area contributed by atoms with Gasteiger partial charge in [-0.15, -0.1) is 24.0 Å². The Bertz CT molecular complexity index is 625. The molecular formula is C18H30IN5O. The third kappa shape index (κ3) is 3.18. The van der Waals surface area contributed by atoms with Crippen LogP contribution in [0.1, 0.15) is 37.7 Å². The number of nitrogens with zero attached hydrogens (tertiary/aromatic N) is 4. The highest BCUT2D eigenvalue weighted by atomic mass is 127. The van der Waals surface area contributed by atoms with Crippen molar-refractivity contribution in [3.05, 3.63) is 18.0 Å². The first-order valence-electron chi connectivity index (χ1n) is 9.17. The summed E-state index contributed by atoms with van der Waals surface area (Å²) < 4.78 is 7.94. The van der Waals surface area contributed by atoms with Crippen LogP contribution in [0.5, 0.6) is 0 Å². The lowest BCUT2D eigenvalue weighted by Crippen LogP contribution is -2.69. The number of rotatable bonds is 3. The monoisotopic (exact) mass is 459 g/mol. The van der Waals surface area contributed by atoms with Gasteiger partial charge in [0, 0.05) is 63.4 Å². The lowest BCUT2D eigenvalue weighted by molar-refractivity contribution is -0.125. The van der Waals surface area contributed by atoms with Crippen LogP contribution in [0.4, 0.5) is 0 Å². The zero-order valence-corrected chi connectivity index (χ0v) is 17.8. The highest BCUT2D eigenvalue weighted by Gasteiger charge is 2.65. The molecule has 2 saturated carbocycles. The number of halogens is 1. The zero-order valence-electron chi connectivity index (χ0n) is 15.4. The number of aromatic nitrogens is 2. The van der Waals surface area contributed by atoms with Crippen molar-refractivity contribution in [3.8, 4) is 0 Å². The van der Waals surface area contributed by atoms with E-state index in [9.17, 15) is 0 Å². The van der Waals surface area contributed by atoms with Crippen molar-refractivity contribution in [2.24, 2.45) is 23.4 Å². The van der Waals surface area contributed by atoms with Gasteiger partial charge in [-0.1, -0.05) is 12.8 Å². The molecule has 1 aromatic rings. The van der Waals surface area contributed by atoms with Crippen molar-refractivity contribution in [2.75, 3.05) is 20.7 Å². The van der Waals surface area contributed by atoms with Crippen molar-refractivity contribution in [3.63, 3.8) is 0 Å². The lowest BCUT2D eigenvalue weighted by atomic mass is 9.54. The summed E-state index contributed by atoms with van der Waals surface area (Å²) in [4.78, 5) is 6.74. The van der Waals surface area contributed by atoms with Gasteiger partial charge in [-0.2, -0.15) is 5.10 Å². The molecular weight excluding hydrogens is 429 g/mol. The minimum absolute atomic E-state index is 0. The van der Waals surface area contributed by atoms with Gasteiger partial charge >= 0.3 is 0 Å². The molecule has 7 heteroatoms. The van der Waals surface area contributed by atoms with Gasteiger partial charge in [0.05, 0.1) is 12.3 Å². The summed E-state index contributed by atoms with van der Waals surface area (Å²) in [5, 5.41) is 8.06. The Balaban J connectivity index is 0.00000182. The van der Waals surface area contributed by atoms with E-state index in [1.54, 1.807) is 0 Å². The van der Waals surface area contributed by atoms with Crippen LogP contribution < -0.4 is 5.32 Å². The number of hydrogen-bond donors (Lipinski definition) is 1. The first-order chi connectivity index (χ1) is 11.6. The Hall–Kier alpha value is -0.830. The van der Waals surface area contributed by atoms with Gasteiger partial charge in [0.2, 0.25) is 0 Å². The van der Waals surface area contributed by atoms with Gasteiger partial charge in [-0.05, 0) is 19.3 Å². The molecule has 2 aliphatic carbocycles. The second-order valence-corrected chi connectivity index (χ2v) is 7.73. The van der Waals surface area contributed by atoms with Gasteiger partial charge in [0.1, 0.15) is 0 Å². The zero-order chi connectivity index (χ0) is 16.7. The number of hydrogen-bond acceptors (Lipinski definition) is 3. The third-order valence-corrected chi connectivity index (χ3v) is 6.32. The van der Waals surface area contributed by atoms with E-state index in [0.29, 0.717) is 23.5 Å². The summed E-state index contributed by atoms with van der Waals surface area (Å²) in [6.07, 6.45) is 10.9. The van der Waals surface area contributed by atoms with Crippen LogP contribution in [0.25, 0.3) is 0 Å². The van der Waals surface area contributed by atoms with Crippen LogP contribution in [0, 0.1) is 11.3 Å². The molecule has 1 aliphatic heterocycles. The maximum atomic E-state index is 6.09. The molecule has 1 saturated heterocycles. The van der Waals surface area contributed by atoms with E-state index in [1.807, 2.05) is 25.0 Å². The van der Waals surface area contributed by atoms with E-state index in [-0.39, 0.29) is 24.0 Å². The smallest absolute Gasteiger partial charge is 0.193 e. The molecule has 1 spiro atoms. The molecule has 3 unspecified atom stereocenters. The summed E-state index contributed by atoms with van der Waals surface area (Å²) in [5.41, 5.74) is 1.56. The quantitative estimate of drug-likeness (QED) is 0.429. The topological polar surface area (TPSA) is 54.7 Å². The molecule has 4 rings (SSSR count). The molecule has 0 aromatic carbocycles. The van der Waals surface area contributed by atoms with Crippen LogP contribution in [0.3, 0.4) is 0 Å². The highest BCUT2D eigenvalue weighted by Crippen LogP contribution is 2.60. The SMILES string of the molecule is CN=C(NC1C2CCOC2C12CCCC2)N(C)Cc1cnn(C)c1.I. The summed E-state index contributed by atoms with van der Waals surface area (Å²) in [6.45, 7) is 1.75. The van der Waals surface area contributed by atoms with Gasteiger partial charge in [-0.25, -0.2) is 0 Å². The molecule has 25 heavy (non-hydrogen) atoms. The number of aryl methyl sites for hydroxylation is 1. The predicted molar refractivity (Wildman–Crippen MR) is 109 cm³/mol. The highest BCUT2D eigenvalue weighted by molar-refractivity contribution is 14.0. The van der Waals surface area contributed by atoms with E-state index in [1.165, 1.54) is 37.7 Å². The fourth-order valence-electron chi connectivity index (χ4n) is 5.29. The van der Waals surface area contributed by atoms with Crippen molar-refractivity contribution >= 4 is 29.9 Å². The van der Waals surface area contributed by atoms with Crippen molar-refractivity contribution in [1.29, 1.82) is 0 Å². The molecule has 1 N–H and O–H groups in total. The van der Waals surface area contributed by atoms with Gasteiger partial charge < -0.3 is 15.0 Å². The molecule has 0 amide bonds. The van der Waals surface area contributed by atoms with Crippen LogP contribution in [0.15, 0.2) is 17.4 Å². The Morgan fingerprint density at radius 2 is 2.24 bits per heavy atom. The number of nitrogens with one attached hydrogen (secondary N) is 1. The van der Waals surface area contributed by atoms with E-state index < -0.39 is 0 Å². The molecule has 2 heterocycles. The maximum absolute atomic E-state index is 6.09. The lowest BCUT2D eigenvalue weighted by Gasteiger charge is -2.57. The van der Waals surface area contributed by atoms with Crippen molar-refractivity contribution in [1.82, 2.24) is 20.0 Å². The second-order valence-electron chi connectivity index (χ2n) is 7.73. The number of guanidine groups is 1. The van der Waals surface area contributed by atoms with Gasteiger partial charge in [0.15, 0.2) is 5.96 Å². The Kier molecular flexibility index (Phi) is 5.63. The summed E-state index contributed by atoms with van der Waals surface area (Å²) in [6, 6.07) is 0.516. The van der Waals surface area contributed by atoms with E-state index >= 15 is 0 Å². The van der Waals surface area contributed by atoms with Gasteiger partial charge in [0.25, 0.3) is 0 Å². The minimum Gasteiger partial charge on any atom is -0.377 e. The molecule has 3 atom stereocenters. The minimum atomic E-state index is 0. The Labute approximate surface area is 167 Å².